The van der Waals surface area contributed by atoms with E-state index in [4.69, 9.17) is 16.6 Å². The molecule has 1 saturated heterocycles. The molecule has 0 saturated carbocycles. The van der Waals surface area contributed by atoms with E-state index in [9.17, 15) is 78.3 Å². The average molecular weight is 1070 g/mol. The molecule has 1 aliphatic heterocycles. The zero-order chi connectivity index (χ0) is 56.0. The van der Waals surface area contributed by atoms with Gasteiger partial charge in [-0.2, -0.15) is 12.6 Å². The maximum absolute atomic E-state index is 13.9. The summed E-state index contributed by atoms with van der Waals surface area (Å²) in [6.07, 6.45) is -3.04. The summed E-state index contributed by atoms with van der Waals surface area (Å²) >= 11 is 4.16. The minimum atomic E-state index is -1.72. The van der Waals surface area contributed by atoms with Gasteiger partial charge in [0.15, 0.2) is 0 Å². The number of nitrogens with two attached hydrogens (primary N) is 2. The van der Waals surface area contributed by atoms with Crippen molar-refractivity contribution in [2.24, 2.45) is 11.5 Å². The van der Waals surface area contributed by atoms with Crippen LogP contribution in [0.1, 0.15) is 78.2 Å². The van der Waals surface area contributed by atoms with Crippen LogP contribution in [0.4, 0.5) is 0 Å². The van der Waals surface area contributed by atoms with Crippen LogP contribution in [0.15, 0.2) is 24.3 Å². The SMILES string of the molecule is C[C@H](NC(=O)[C@H](CS)NC(=O)[C@H](Cc1ccc(O)cc1)NC(=O)[C@@H](N)[C@@H](C)O)C(=O)N[C@H](C(=O)N1CCC[C@H]1C(=O)N[C@@H](C)C(=O)N[C@@H](CCCCN)C(=O)N[C@@H](CO)C(=O)N[C@@H](CCC(=O)O)C(=O)O)[C@@H](C)O. The second-order valence-electron chi connectivity index (χ2n) is 17.7. The zero-order valence-electron chi connectivity index (χ0n) is 41.4. The van der Waals surface area contributed by atoms with Crippen LogP contribution >= 0.6 is 12.6 Å². The number of rotatable bonds is 31. The van der Waals surface area contributed by atoms with Gasteiger partial charge in [-0.1, -0.05) is 12.1 Å². The van der Waals surface area contributed by atoms with Gasteiger partial charge in [0, 0.05) is 25.1 Å². The number of phenols is 1. The molecule has 29 heteroatoms. The zero-order valence-corrected chi connectivity index (χ0v) is 42.3. The molecule has 0 aromatic heterocycles. The summed E-state index contributed by atoms with van der Waals surface area (Å²) in [6, 6.07) is -8.85. The first-order valence-electron chi connectivity index (χ1n) is 23.8. The number of aliphatic hydroxyl groups is 3. The van der Waals surface area contributed by atoms with Crippen molar-refractivity contribution < 1.29 is 83.4 Å². The number of likely N-dealkylation sites (tertiary alicyclic amines) is 1. The third-order valence-corrected chi connectivity index (χ3v) is 12.1. The Morgan fingerprint density at radius 3 is 1.74 bits per heavy atom. The van der Waals surface area contributed by atoms with E-state index in [1.807, 2.05) is 0 Å². The summed E-state index contributed by atoms with van der Waals surface area (Å²) in [5.74, 6) is -11.6. The smallest absolute Gasteiger partial charge is 0.326 e. The summed E-state index contributed by atoms with van der Waals surface area (Å²) in [5, 5.41) is 77.3. The van der Waals surface area contributed by atoms with Crippen LogP contribution < -0.4 is 54.0 Å². The highest BCUT2D eigenvalue weighted by atomic mass is 32.1. The van der Waals surface area contributed by atoms with Gasteiger partial charge in [-0.3, -0.25) is 47.9 Å². The van der Waals surface area contributed by atoms with Crippen LogP contribution in [-0.4, -0.2) is 199 Å². The van der Waals surface area contributed by atoms with Crippen LogP contribution in [0.3, 0.4) is 0 Å². The lowest BCUT2D eigenvalue weighted by Gasteiger charge is -2.31. The minimum Gasteiger partial charge on any atom is -0.508 e. The Balaban J connectivity index is 2.13. The van der Waals surface area contributed by atoms with Crippen molar-refractivity contribution in [1.82, 2.24) is 47.4 Å². The number of amides is 9. The summed E-state index contributed by atoms with van der Waals surface area (Å²) in [6.45, 7) is 4.18. The Morgan fingerprint density at radius 2 is 1.19 bits per heavy atom. The minimum absolute atomic E-state index is 0.0128. The van der Waals surface area contributed by atoms with E-state index < -0.39 is 157 Å². The van der Waals surface area contributed by atoms with Crippen LogP contribution in [0.5, 0.6) is 5.75 Å². The monoisotopic (exact) mass is 1070 g/mol. The fourth-order valence-corrected chi connectivity index (χ4v) is 7.51. The number of hydrogen-bond donors (Lipinski definition) is 17. The van der Waals surface area contributed by atoms with E-state index in [0.717, 1.165) is 4.90 Å². The number of hydrogen-bond acceptors (Lipinski definition) is 18. The number of nitrogens with one attached hydrogen (secondary N) is 8. The molecule has 0 unspecified atom stereocenters. The van der Waals surface area contributed by atoms with Crippen LogP contribution in [-0.2, 0) is 59.2 Å². The summed E-state index contributed by atoms with van der Waals surface area (Å²) < 4.78 is 0. The second kappa shape index (κ2) is 31.2. The van der Waals surface area contributed by atoms with Gasteiger partial charge in [-0.25, -0.2) is 4.79 Å². The van der Waals surface area contributed by atoms with E-state index in [2.05, 4.69) is 55.2 Å². The maximum atomic E-state index is 13.9. The molecular formula is C45H71N11O17S. The molecule has 414 valence electrons. The number of benzene rings is 1. The molecule has 9 amide bonds. The molecule has 18 N–H and O–H groups in total. The standard InChI is InChI=1S/C45H71N11O17S/c1-21(36(63)50-27(8-5-6-16-46)38(65)53-30(19-57)40(67)51-28(45(72)73)14-15-33(61)62)49-42(69)32-9-7-17-56(32)44(71)35(24(4)59)55-37(64)22(2)48-41(68)31(20-74)54-39(66)29(52-43(70)34(47)23(3)58)18-25-10-12-26(60)13-11-25/h10-13,21-24,27-32,34-35,57-60,74H,5-9,14-20,46-47H2,1-4H3,(H,48,68)(H,49,69)(H,50,63)(H,51,67)(H,52,70)(H,53,65)(H,54,66)(H,55,64)(H,61,62)(H,72,73)/t21-,22-,23+,24+,27-,28-,29-,30-,31-,32-,34-,35-/m0/s1. The number of aliphatic hydroxyl groups excluding tert-OH is 3. The highest BCUT2D eigenvalue weighted by Gasteiger charge is 2.41. The molecule has 1 aliphatic rings. The molecule has 1 aromatic carbocycles. The van der Waals surface area contributed by atoms with Gasteiger partial charge in [0.1, 0.15) is 66.2 Å². The van der Waals surface area contributed by atoms with Crippen molar-refractivity contribution in [2.75, 3.05) is 25.4 Å². The number of unbranched alkanes of at least 4 members (excludes halogenated alkanes) is 1. The van der Waals surface area contributed by atoms with Gasteiger partial charge in [-0.15, -0.1) is 0 Å². The molecular weight excluding hydrogens is 999 g/mol. The topological polar surface area (TPSA) is 461 Å². The predicted octanol–water partition coefficient (Wildman–Crippen LogP) is -6.07. The number of thiol groups is 1. The number of carbonyl (C=O) groups excluding carboxylic acids is 9. The maximum Gasteiger partial charge on any atom is 0.326 e. The van der Waals surface area contributed by atoms with Gasteiger partial charge in [0.05, 0.1) is 18.8 Å². The Labute approximate surface area is 431 Å². The summed E-state index contributed by atoms with van der Waals surface area (Å²) in [5.41, 5.74) is 11.8. The third kappa shape index (κ3) is 20.3. The molecule has 0 spiro atoms. The van der Waals surface area contributed by atoms with E-state index in [0.29, 0.717) is 12.0 Å². The molecule has 0 aliphatic carbocycles. The molecule has 0 bridgehead atoms. The van der Waals surface area contributed by atoms with E-state index in [1.165, 1.54) is 52.0 Å². The Hall–Kier alpha value is -6.66. The van der Waals surface area contributed by atoms with Crippen molar-refractivity contribution in [1.29, 1.82) is 0 Å². The average Bonchev–Trinajstić information content (AvgIpc) is 3.85. The van der Waals surface area contributed by atoms with E-state index >= 15 is 0 Å². The highest BCUT2D eigenvalue weighted by Crippen LogP contribution is 2.20. The predicted molar refractivity (Wildman–Crippen MR) is 263 cm³/mol. The lowest BCUT2D eigenvalue weighted by atomic mass is 10.0. The molecule has 74 heavy (non-hydrogen) atoms. The van der Waals surface area contributed by atoms with Crippen molar-refractivity contribution >= 4 is 77.7 Å². The number of phenolic OH excluding ortho intramolecular Hbond substituents is 1. The number of nitrogens with zero attached hydrogens (tertiary/aromatic N) is 1. The number of carbonyl (C=O) groups is 11. The van der Waals surface area contributed by atoms with Crippen LogP contribution in [0.25, 0.3) is 0 Å². The molecule has 1 heterocycles. The molecule has 2 rings (SSSR count). The largest absolute Gasteiger partial charge is 0.508 e. The number of aliphatic carboxylic acids is 2. The second-order valence-corrected chi connectivity index (χ2v) is 18.1. The van der Waals surface area contributed by atoms with Gasteiger partial charge in [0.25, 0.3) is 0 Å². The first kappa shape index (κ1) is 63.5. The Bertz CT molecular complexity index is 2140. The summed E-state index contributed by atoms with van der Waals surface area (Å²) in [7, 11) is 0. The fraction of sp³-hybridized carbons (Fsp3) is 0.622. The molecule has 0 radical (unpaired) electrons. The number of carboxylic acids is 2. The highest BCUT2D eigenvalue weighted by molar-refractivity contribution is 7.80. The Morgan fingerprint density at radius 1 is 0.662 bits per heavy atom. The van der Waals surface area contributed by atoms with E-state index in [-0.39, 0.29) is 56.7 Å². The normalized spacial score (nSPS) is 17.6. The van der Waals surface area contributed by atoms with Gasteiger partial charge >= 0.3 is 11.9 Å². The van der Waals surface area contributed by atoms with Crippen molar-refractivity contribution in [2.45, 2.75) is 152 Å². The quantitative estimate of drug-likeness (QED) is 0.0243. The van der Waals surface area contributed by atoms with Crippen molar-refractivity contribution in [3.05, 3.63) is 29.8 Å². The molecule has 28 nitrogen and oxygen atoms in total. The molecule has 1 aromatic rings. The van der Waals surface area contributed by atoms with Crippen molar-refractivity contribution in [3.8, 4) is 5.75 Å². The van der Waals surface area contributed by atoms with Crippen molar-refractivity contribution in [3.63, 3.8) is 0 Å². The fourth-order valence-electron chi connectivity index (χ4n) is 7.26. The van der Waals surface area contributed by atoms with Gasteiger partial charge in [-0.05, 0) is 90.5 Å². The van der Waals surface area contributed by atoms with Gasteiger partial charge < -0.3 is 89.5 Å². The lowest BCUT2D eigenvalue weighted by Crippen LogP contribution is -2.61. The first-order valence-corrected chi connectivity index (χ1v) is 24.4. The first-order chi connectivity index (χ1) is 34.8. The number of aromatic hydroxyl groups is 1. The molecule has 1 fully saturated rings. The van der Waals surface area contributed by atoms with Crippen LogP contribution in [0.2, 0.25) is 0 Å². The summed E-state index contributed by atoms with van der Waals surface area (Å²) in [4.78, 5) is 144. The molecule has 12 atom stereocenters. The number of carboxylic acid groups (broad SMARTS) is 2. The third-order valence-electron chi connectivity index (χ3n) is 11.7. The lowest BCUT2D eigenvalue weighted by molar-refractivity contribution is -0.144. The van der Waals surface area contributed by atoms with Crippen LogP contribution in [0, 0.1) is 0 Å². The Kier molecular flexibility index (Phi) is 26.7. The van der Waals surface area contributed by atoms with E-state index in [1.54, 1.807) is 0 Å². The van der Waals surface area contributed by atoms with Gasteiger partial charge in [0.2, 0.25) is 53.2 Å².